The SMILES string of the molecule is Cc1ccc(SCC(=O)N(C)[C@H](C)c2cccc([N+](=O)[O-])c2)c(C)c1. The van der Waals surface area contributed by atoms with Crippen LogP contribution in [0.4, 0.5) is 5.69 Å². The number of non-ortho nitro benzene ring substituents is 1. The van der Waals surface area contributed by atoms with Gasteiger partial charge in [-0.15, -0.1) is 11.8 Å². The van der Waals surface area contributed by atoms with Crippen molar-refractivity contribution in [1.29, 1.82) is 0 Å². The van der Waals surface area contributed by atoms with Gasteiger partial charge < -0.3 is 4.90 Å². The van der Waals surface area contributed by atoms with Crippen LogP contribution in [0.5, 0.6) is 0 Å². The Hall–Kier alpha value is -2.34. The van der Waals surface area contributed by atoms with Crippen LogP contribution in [-0.4, -0.2) is 28.5 Å². The number of thioether (sulfide) groups is 1. The van der Waals surface area contributed by atoms with E-state index in [2.05, 4.69) is 6.07 Å². The number of carbonyl (C=O) groups excluding carboxylic acids is 1. The van der Waals surface area contributed by atoms with Crippen LogP contribution >= 0.6 is 11.8 Å². The maximum atomic E-state index is 12.5. The summed E-state index contributed by atoms with van der Waals surface area (Å²) in [6.07, 6.45) is 0. The van der Waals surface area contributed by atoms with Crippen LogP contribution in [0.15, 0.2) is 47.4 Å². The average molecular weight is 358 g/mol. The Balaban J connectivity index is 2.03. The van der Waals surface area contributed by atoms with Gasteiger partial charge in [0.2, 0.25) is 5.91 Å². The van der Waals surface area contributed by atoms with Crippen molar-refractivity contribution in [3.8, 4) is 0 Å². The molecule has 2 aromatic rings. The van der Waals surface area contributed by atoms with Crippen molar-refractivity contribution in [3.05, 3.63) is 69.3 Å². The fourth-order valence-electron chi connectivity index (χ4n) is 2.54. The minimum absolute atomic E-state index is 0.0102. The van der Waals surface area contributed by atoms with Gasteiger partial charge in [0.1, 0.15) is 0 Å². The van der Waals surface area contributed by atoms with E-state index in [1.807, 2.05) is 32.9 Å². The number of hydrogen-bond acceptors (Lipinski definition) is 4. The van der Waals surface area contributed by atoms with Crippen molar-refractivity contribution in [3.63, 3.8) is 0 Å². The van der Waals surface area contributed by atoms with Gasteiger partial charge in [-0.2, -0.15) is 0 Å². The van der Waals surface area contributed by atoms with Crippen molar-refractivity contribution in [2.45, 2.75) is 31.7 Å². The van der Waals surface area contributed by atoms with Crippen molar-refractivity contribution >= 4 is 23.4 Å². The molecule has 0 aliphatic heterocycles. The summed E-state index contributed by atoms with van der Waals surface area (Å²) in [5.41, 5.74) is 3.15. The first kappa shape index (κ1) is 19.0. The standard InChI is InChI=1S/C19H22N2O3S/c1-13-8-9-18(14(2)10-13)25-12-19(22)20(4)15(3)16-6-5-7-17(11-16)21(23)24/h5-11,15H,12H2,1-4H3/t15-/m1/s1. The third kappa shape index (κ3) is 4.82. The molecule has 0 spiro atoms. The van der Waals surface area contributed by atoms with Crippen LogP contribution in [0.2, 0.25) is 0 Å². The van der Waals surface area contributed by atoms with Crippen LogP contribution in [0.25, 0.3) is 0 Å². The fraction of sp³-hybridized carbons (Fsp3) is 0.316. The molecule has 0 saturated heterocycles. The molecule has 6 heteroatoms. The lowest BCUT2D eigenvalue weighted by Gasteiger charge is -2.25. The van der Waals surface area contributed by atoms with Gasteiger partial charge in [-0.1, -0.05) is 29.8 Å². The molecule has 0 N–H and O–H groups in total. The molecular weight excluding hydrogens is 336 g/mol. The Labute approximate surface area is 152 Å². The molecule has 0 fully saturated rings. The number of aryl methyl sites for hydroxylation is 2. The van der Waals surface area contributed by atoms with E-state index in [9.17, 15) is 14.9 Å². The summed E-state index contributed by atoms with van der Waals surface area (Å²) >= 11 is 1.51. The molecule has 2 aromatic carbocycles. The van der Waals surface area contributed by atoms with E-state index in [1.54, 1.807) is 24.1 Å². The van der Waals surface area contributed by atoms with E-state index >= 15 is 0 Å². The monoisotopic (exact) mass is 358 g/mol. The number of nitrogens with zero attached hydrogens (tertiary/aromatic N) is 2. The lowest BCUT2D eigenvalue weighted by molar-refractivity contribution is -0.384. The molecule has 25 heavy (non-hydrogen) atoms. The Bertz CT molecular complexity index is 792. The van der Waals surface area contributed by atoms with E-state index in [-0.39, 0.29) is 17.6 Å². The van der Waals surface area contributed by atoms with Gasteiger partial charge in [-0.25, -0.2) is 0 Å². The zero-order chi connectivity index (χ0) is 18.6. The second-order valence-electron chi connectivity index (χ2n) is 6.09. The van der Waals surface area contributed by atoms with E-state index in [1.165, 1.54) is 29.5 Å². The number of rotatable bonds is 6. The molecule has 0 bridgehead atoms. The van der Waals surface area contributed by atoms with E-state index < -0.39 is 4.92 Å². The van der Waals surface area contributed by atoms with Gasteiger partial charge >= 0.3 is 0 Å². The molecule has 0 aliphatic carbocycles. The van der Waals surface area contributed by atoms with Crippen LogP contribution in [0, 0.1) is 24.0 Å². The van der Waals surface area contributed by atoms with Crippen molar-refractivity contribution in [1.82, 2.24) is 4.90 Å². The molecule has 132 valence electrons. The Kier molecular flexibility index (Phi) is 6.20. The first-order chi connectivity index (χ1) is 11.8. The molecular formula is C19H22N2O3S. The summed E-state index contributed by atoms with van der Waals surface area (Å²) in [5, 5.41) is 10.9. The van der Waals surface area contributed by atoms with Gasteiger partial charge in [-0.3, -0.25) is 14.9 Å². The van der Waals surface area contributed by atoms with Gasteiger partial charge in [0, 0.05) is 24.1 Å². The molecule has 0 aromatic heterocycles. The summed E-state index contributed by atoms with van der Waals surface area (Å²) in [6.45, 7) is 5.95. The molecule has 1 amide bonds. The smallest absolute Gasteiger partial charge is 0.269 e. The summed E-state index contributed by atoms with van der Waals surface area (Å²) in [6, 6.07) is 12.4. The highest BCUT2D eigenvalue weighted by Gasteiger charge is 2.19. The quantitative estimate of drug-likeness (QED) is 0.432. The Morgan fingerprint density at radius 3 is 2.60 bits per heavy atom. The van der Waals surface area contributed by atoms with E-state index in [4.69, 9.17) is 0 Å². The van der Waals surface area contributed by atoms with Crippen molar-refractivity contribution in [2.24, 2.45) is 0 Å². The number of benzene rings is 2. The summed E-state index contributed by atoms with van der Waals surface area (Å²) < 4.78 is 0. The molecule has 1 atom stereocenters. The first-order valence-corrected chi connectivity index (χ1v) is 8.98. The number of nitro benzene ring substituents is 1. The predicted molar refractivity (Wildman–Crippen MR) is 101 cm³/mol. The maximum Gasteiger partial charge on any atom is 0.269 e. The second-order valence-corrected chi connectivity index (χ2v) is 7.11. The molecule has 2 rings (SSSR count). The normalized spacial score (nSPS) is 11.8. The van der Waals surface area contributed by atoms with Gasteiger partial charge in [0.05, 0.1) is 16.7 Å². The average Bonchev–Trinajstić information content (AvgIpc) is 2.59. The van der Waals surface area contributed by atoms with Crippen molar-refractivity contribution < 1.29 is 9.72 Å². The summed E-state index contributed by atoms with van der Waals surface area (Å²) in [4.78, 5) is 25.7. The zero-order valence-electron chi connectivity index (χ0n) is 14.9. The topological polar surface area (TPSA) is 63.5 Å². The summed E-state index contributed by atoms with van der Waals surface area (Å²) in [7, 11) is 1.73. The molecule has 0 aliphatic rings. The Morgan fingerprint density at radius 2 is 1.96 bits per heavy atom. The van der Waals surface area contributed by atoms with Crippen LogP contribution in [-0.2, 0) is 4.79 Å². The summed E-state index contributed by atoms with van der Waals surface area (Å²) in [5.74, 6) is 0.323. The van der Waals surface area contributed by atoms with E-state index in [0.29, 0.717) is 5.75 Å². The van der Waals surface area contributed by atoms with E-state index in [0.717, 1.165) is 16.0 Å². The predicted octanol–water partition coefficient (Wildman–Crippen LogP) is 4.52. The molecule has 0 saturated carbocycles. The van der Waals surface area contributed by atoms with Crippen molar-refractivity contribution in [2.75, 3.05) is 12.8 Å². The van der Waals surface area contributed by atoms with Gasteiger partial charge in [-0.05, 0) is 38.0 Å². The van der Waals surface area contributed by atoms with Crippen LogP contribution in [0.1, 0.15) is 29.7 Å². The zero-order valence-corrected chi connectivity index (χ0v) is 15.7. The molecule has 0 unspecified atom stereocenters. The lowest BCUT2D eigenvalue weighted by Crippen LogP contribution is -2.31. The number of nitro groups is 1. The Morgan fingerprint density at radius 1 is 1.24 bits per heavy atom. The number of hydrogen-bond donors (Lipinski definition) is 0. The molecule has 5 nitrogen and oxygen atoms in total. The third-order valence-corrected chi connectivity index (χ3v) is 5.38. The highest BCUT2D eigenvalue weighted by Crippen LogP contribution is 2.26. The fourth-order valence-corrected chi connectivity index (χ4v) is 3.47. The lowest BCUT2D eigenvalue weighted by atomic mass is 10.1. The number of carbonyl (C=O) groups is 1. The third-order valence-electron chi connectivity index (χ3n) is 4.22. The van der Waals surface area contributed by atoms with Crippen LogP contribution in [0.3, 0.4) is 0 Å². The largest absolute Gasteiger partial charge is 0.338 e. The molecule has 0 radical (unpaired) electrons. The first-order valence-electron chi connectivity index (χ1n) is 7.99. The second kappa shape index (κ2) is 8.16. The van der Waals surface area contributed by atoms with Gasteiger partial charge in [0.15, 0.2) is 0 Å². The molecule has 0 heterocycles. The van der Waals surface area contributed by atoms with Gasteiger partial charge in [0.25, 0.3) is 5.69 Å². The highest BCUT2D eigenvalue weighted by molar-refractivity contribution is 8.00. The minimum Gasteiger partial charge on any atom is -0.338 e. The highest BCUT2D eigenvalue weighted by atomic mass is 32.2. The van der Waals surface area contributed by atoms with Crippen LogP contribution < -0.4 is 0 Å². The minimum atomic E-state index is -0.423. The number of amides is 1. The maximum absolute atomic E-state index is 12.5.